The zero-order chi connectivity index (χ0) is 14.2. The SMILES string of the molecule is N#Cc1ccccc1COc1ccccc1C#CCCl. The predicted molar refractivity (Wildman–Crippen MR) is 79.5 cm³/mol. The number of nitriles is 1. The number of ether oxygens (including phenoxy) is 1. The fourth-order valence-corrected chi connectivity index (χ4v) is 1.80. The number of hydrogen-bond donors (Lipinski definition) is 0. The van der Waals surface area contributed by atoms with Crippen LogP contribution in [-0.4, -0.2) is 5.88 Å². The number of benzene rings is 2. The van der Waals surface area contributed by atoms with Crippen LogP contribution < -0.4 is 4.74 Å². The molecule has 0 bridgehead atoms. The van der Waals surface area contributed by atoms with Gasteiger partial charge in [0, 0.05) is 5.56 Å². The quantitative estimate of drug-likeness (QED) is 0.634. The second kappa shape index (κ2) is 7.24. The molecule has 2 aromatic rings. The van der Waals surface area contributed by atoms with E-state index in [1.807, 2.05) is 42.5 Å². The van der Waals surface area contributed by atoms with Gasteiger partial charge in [-0.05, 0) is 18.2 Å². The van der Waals surface area contributed by atoms with Gasteiger partial charge in [0.15, 0.2) is 0 Å². The molecule has 0 aliphatic carbocycles. The van der Waals surface area contributed by atoms with Crippen LogP contribution >= 0.6 is 11.6 Å². The fraction of sp³-hybridized carbons (Fsp3) is 0.118. The summed E-state index contributed by atoms with van der Waals surface area (Å²) in [6, 6.07) is 17.1. The summed E-state index contributed by atoms with van der Waals surface area (Å²) >= 11 is 5.57. The molecule has 0 radical (unpaired) electrons. The van der Waals surface area contributed by atoms with E-state index < -0.39 is 0 Å². The van der Waals surface area contributed by atoms with E-state index in [2.05, 4.69) is 17.9 Å². The van der Waals surface area contributed by atoms with E-state index in [1.54, 1.807) is 6.07 Å². The molecule has 0 N–H and O–H groups in total. The van der Waals surface area contributed by atoms with E-state index in [0.29, 0.717) is 17.9 Å². The lowest BCUT2D eigenvalue weighted by molar-refractivity contribution is 0.305. The highest BCUT2D eigenvalue weighted by Crippen LogP contribution is 2.19. The van der Waals surface area contributed by atoms with Gasteiger partial charge in [-0.2, -0.15) is 5.26 Å². The first-order valence-electron chi connectivity index (χ1n) is 6.10. The van der Waals surface area contributed by atoms with Crippen LogP contribution in [0.4, 0.5) is 0 Å². The number of alkyl halides is 1. The van der Waals surface area contributed by atoms with Crippen molar-refractivity contribution in [2.24, 2.45) is 0 Å². The first-order valence-corrected chi connectivity index (χ1v) is 6.63. The lowest BCUT2D eigenvalue weighted by atomic mass is 10.1. The van der Waals surface area contributed by atoms with Crippen molar-refractivity contribution >= 4 is 11.6 Å². The zero-order valence-electron chi connectivity index (χ0n) is 10.8. The Morgan fingerprint density at radius 1 is 1.00 bits per heavy atom. The van der Waals surface area contributed by atoms with E-state index in [1.165, 1.54) is 0 Å². The smallest absolute Gasteiger partial charge is 0.135 e. The Balaban J connectivity index is 2.17. The Kier molecular flexibility index (Phi) is 5.07. The summed E-state index contributed by atoms with van der Waals surface area (Å²) in [5.74, 6) is 6.74. The van der Waals surface area contributed by atoms with Gasteiger partial charge in [-0.25, -0.2) is 0 Å². The van der Waals surface area contributed by atoms with E-state index in [9.17, 15) is 0 Å². The first-order chi connectivity index (χ1) is 9.85. The molecular weight excluding hydrogens is 270 g/mol. The summed E-state index contributed by atoms with van der Waals surface area (Å²) in [6.45, 7) is 0.337. The van der Waals surface area contributed by atoms with Crippen LogP contribution in [0.5, 0.6) is 5.75 Å². The molecule has 0 fully saturated rings. The molecule has 20 heavy (non-hydrogen) atoms. The largest absolute Gasteiger partial charge is 0.488 e. The monoisotopic (exact) mass is 281 g/mol. The molecule has 0 atom stereocenters. The fourth-order valence-electron chi connectivity index (χ4n) is 1.74. The Morgan fingerprint density at radius 3 is 2.45 bits per heavy atom. The molecule has 0 aliphatic heterocycles. The van der Waals surface area contributed by atoms with Crippen LogP contribution in [0.3, 0.4) is 0 Å². The third-order valence-electron chi connectivity index (χ3n) is 2.70. The van der Waals surface area contributed by atoms with Gasteiger partial charge in [-0.3, -0.25) is 0 Å². The minimum absolute atomic E-state index is 0.283. The molecule has 0 amide bonds. The Labute approximate surface area is 123 Å². The topological polar surface area (TPSA) is 33.0 Å². The molecule has 2 rings (SSSR count). The molecule has 0 heterocycles. The molecule has 0 saturated carbocycles. The van der Waals surface area contributed by atoms with Crippen molar-refractivity contribution in [1.82, 2.24) is 0 Å². The van der Waals surface area contributed by atoms with E-state index in [4.69, 9.17) is 21.6 Å². The van der Waals surface area contributed by atoms with Crippen molar-refractivity contribution in [3.63, 3.8) is 0 Å². The van der Waals surface area contributed by atoms with Crippen LogP contribution in [0.25, 0.3) is 0 Å². The van der Waals surface area contributed by atoms with E-state index in [-0.39, 0.29) is 5.88 Å². The molecule has 3 heteroatoms. The lowest BCUT2D eigenvalue weighted by Crippen LogP contribution is -1.99. The summed E-state index contributed by atoms with van der Waals surface area (Å²) in [7, 11) is 0. The third kappa shape index (κ3) is 3.54. The Bertz CT molecular complexity index is 692. The molecular formula is C17H12ClNO. The van der Waals surface area contributed by atoms with Crippen LogP contribution in [0.15, 0.2) is 48.5 Å². The zero-order valence-corrected chi connectivity index (χ0v) is 11.5. The lowest BCUT2D eigenvalue weighted by Gasteiger charge is -2.09. The van der Waals surface area contributed by atoms with Gasteiger partial charge in [0.05, 0.1) is 23.1 Å². The normalized spacial score (nSPS) is 9.20. The maximum atomic E-state index is 9.04. The maximum Gasteiger partial charge on any atom is 0.135 e. The molecule has 0 saturated heterocycles. The number of halogens is 1. The molecule has 2 aromatic carbocycles. The van der Waals surface area contributed by atoms with Gasteiger partial charge < -0.3 is 4.74 Å². The van der Waals surface area contributed by atoms with Gasteiger partial charge >= 0.3 is 0 Å². The highest BCUT2D eigenvalue weighted by Gasteiger charge is 2.04. The molecule has 0 aliphatic rings. The van der Waals surface area contributed by atoms with Crippen molar-refractivity contribution in [2.45, 2.75) is 6.61 Å². The summed E-state index contributed by atoms with van der Waals surface area (Å²) in [4.78, 5) is 0. The van der Waals surface area contributed by atoms with Crippen molar-refractivity contribution in [2.75, 3.05) is 5.88 Å². The van der Waals surface area contributed by atoms with Crippen molar-refractivity contribution in [3.05, 3.63) is 65.2 Å². The maximum absolute atomic E-state index is 9.04. The van der Waals surface area contributed by atoms with Gasteiger partial charge in [0.25, 0.3) is 0 Å². The predicted octanol–water partition coefficient (Wildman–Crippen LogP) is 3.73. The average molecular weight is 282 g/mol. The van der Waals surface area contributed by atoms with Gasteiger partial charge in [0.1, 0.15) is 12.4 Å². The summed E-state index contributed by atoms with van der Waals surface area (Å²) in [5, 5.41) is 9.04. The van der Waals surface area contributed by atoms with Crippen molar-refractivity contribution in [1.29, 1.82) is 5.26 Å². The summed E-state index contributed by atoms with van der Waals surface area (Å²) in [6.07, 6.45) is 0. The summed E-state index contributed by atoms with van der Waals surface area (Å²) in [5.41, 5.74) is 2.27. The van der Waals surface area contributed by atoms with Crippen LogP contribution in [0.1, 0.15) is 16.7 Å². The molecule has 98 valence electrons. The third-order valence-corrected chi connectivity index (χ3v) is 2.83. The second-order valence-electron chi connectivity index (χ2n) is 3.99. The highest BCUT2D eigenvalue weighted by molar-refractivity contribution is 6.19. The van der Waals surface area contributed by atoms with E-state index in [0.717, 1.165) is 11.1 Å². The molecule has 0 aromatic heterocycles. The summed E-state index contributed by atoms with van der Waals surface area (Å²) < 4.78 is 5.77. The van der Waals surface area contributed by atoms with E-state index >= 15 is 0 Å². The standard InChI is InChI=1S/C17H12ClNO/c18-11-5-9-14-6-3-4-10-17(14)20-13-16-8-2-1-7-15(16)12-19/h1-4,6-8,10H,11,13H2. The number of para-hydroxylation sites is 1. The van der Waals surface area contributed by atoms with Gasteiger partial charge in [-0.15, -0.1) is 11.6 Å². The molecule has 0 spiro atoms. The molecule has 0 unspecified atom stereocenters. The minimum atomic E-state index is 0.283. The van der Waals surface area contributed by atoms with Crippen LogP contribution in [0.2, 0.25) is 0 Å². The van der Waals surface area contributed by atoms with Gasteiger partial charge in [-0.1, -0.05) is 42.2 Å². The van der Waals surface area contributed by atoms with Crippen molar-refractivity contribution < 1.29 is 4.74 Å². The van der Waals surface area contributed by atoms with Crippen molar-refractivity contribution in [3.8, 4) is 23.7 Å². The minimum Gasteiger partial charge on any atom is -0.488 e. The molecule has 2 nitrogen and oxygen atoms in total. The second-order valence-corrected chi connectivity index (χ2v) is 4.26. The Morgan fingerprint density at radius 2 is 1.70 bits per heavy atom. The van der Waals surface area contributed by atoms with Crippen LogP contribution in [-0.2, 0) is 6.61 Å². The van der Waals surface area contributed by atoms with Crippen LogP contribution in [0, 0.1) is 23.2 Å². The number of hydrogen-bond acceptors (Lipinski definition) is 2. The number of nitrogens with zero attached hydrogens (tertiary/aromatic N) is 1. The highest BCUT2D eigenvalue weighted by atomic mass is 35.5. The number of rotatable bonds is 3. The van der Waals surface area contributed by atoms with Gasteiger partial charge in [0.2, 0.25) is 0 Å². The average Bonchev–Trinajstić information content (AvgIpc) is 2.52. The first kappa shape index (κ1) is 14.0. The Hall–Kier alpha value is -2.42.